The molecule has 116 valence electrons. The quantitative estimate of drug-likeness (QED) is 0.847. The fourth-order valence-corrected chi connectivity index (χ4v) is 3.14. The average Bonchev–Trinajstić information content (AvgIpc) is 3.02. The lowest BCUT2D eigenvalue weighted by Gasteiger charge is -2.17. The summed E-state index contributed by atoms with van der Waals surface area (Å²) >= 11 is -1.01. The lowest BCUT2D eigenvalue weighted by molar-refractivity contribution is 0.112. The summed E-state index contributed by atoms with van der Waals surface area (Å²) in [5.41, 5.74) is 8.59. The summed E-state index contributed by atoms with van der Waals surface area (Å²) in [5, 5.41) is 3.35. The summed E-state index contributed by atoms with van der Waals surface area (Å²) in [5.74, 6) is 0.458. The second kappa shape index (κ2) is 6.56. The molecule has 22 heavy (non-hydrogen) atoms. The number of rotatable bonds is 4. The summed E-state index contributed by atoms with van der Waals surface area (Å²) in [6, 6.07) is 9.36. The normalized spacial score (nSPS) is 19.1. The maximum Gasteiger partial charge on any atom is 0.154 e. The van der Waals surface area contributed by atoms with E-state index >= 15 is 0 Å². The Morgan fingerprint density at radius 1 is 1.41 bits per heavy atom. The summed E-state index contributed by atoms with van der Waals surface area (Å²) in [6.07, 6.45) is 5.54. The van der Waals surface area contributed by atoms with Crippen LogP contribution in [0, 0.1) is 0 Å². The molecule has 1 saturated heterocycles. The zero-order valence-corrected chi connectivity index (χ0v) is 13.2. The number of nitrogens with zero attached hydrogens (tertiary/aromatic N) is 1. The van der Waals surface area contributed by atoms with E-state index in [2.05, 4.69) is 10.3 Å². The number of hydrogen-bond acceptors (Lipinski definition) is 5. The van der Waals surface area contributed by atoms with Gasteiger partial charge in [0.05, 0.1) is 6.10 Å². The Kier molecular flexibility index (Phi) is 4.52. The molecule has 2 atom stereocenters. The van der Waals surface area contributed by atoms with Crippen molar-refractivity contribution in [1.29, 1.82) is 0 Å². The molecule has 0 radical (unpaired) electrons. The Hall–Kier alpha value is -1.76. The molecule has 3 N–H and O–H groups in total. The van der Waals surface area contributed by atoms with E-state index in [1.54, 1.807) is 12.5 Å². The molecule has 0 spiro atoms. The molecule has 6 heteroatoms. The number of hydrogen-bond donors (Lipinski definition) is 2. The predicted octanol–water partition coefficient (Wildman–Crippen LogP) is 3.00. The van der Waals surface area contributed by atoms with Gasteiger partial charge in [0, 0.05) is 41.9 Å². The van der Waals surface area contributed by atoms with Crippen molar-refractivity contribution in [3.63, 3.8) is 0 Å². The van der Waals surface area contributed by atoms with E-state index in [9.17, 15) is 4.55 Å². The molecule has 1 fully saturated rings. The highest BCUT2D eigenvalue weighted by Crippen LogP contribution is 2.35. The molecule has 1 aliphatic rings. The maximum atomic E-state index is 11.6. The highest BCUT2D eigenvalue weighted by Gasteiger charge is 2.21. The van der Waals surface area contributed by atoms with E-state index in [4.69, 9.17) is 10.5 Å². The maximum absolute atomic E-state index is 11.6. The Bertz CT molecular complexity index is 658. The van der Waals surface area contributed by atoms with Crippen LogP contribution in [0.4, 0.5) is 17.2 Å². The average molecular weight is 317 g/mol. The molecule has 0 saturated carbocycles. The zero-order chi connectivity index (χ0) is 15.5. The SMILES string of the molecule is C[S+]([O-])c1cccc(Nc2cc(N)ncc2C2CCCO2)c1. The van der Waals surface area contributed by atoms with Gasteiger partial charge in [-0.25, -0.2) is 4.98 Å². The van der Waals surface area contributed by atoms with E-state index in [-0.39, 0.29) is 6.10 Å². The van der Waals surface area contributed by atoms with Crippen molar-refractivity contribution < 1.29 is 9.29 Å². The molecule has 2 aromatic rings. The van der Waals surface area contributed by atoms with E-state index in [1.165, 1.54) is 0 Å². The van der Waals surface area contributed by atoms with Gasteiger partial charge in [0.2, 0.25) is 0 Å². The van der Waals surface area contributed by atoms with Crippen LogP contribution < -0.4 is 11.1 Å². The van der Waals surface area contributed by atoms with Gasteiger partial charge in [-0.2, -0.15) is 0 Å². The van der Waals surface area contributed by atoms with Gasteiger partial charge in [0.15, 0.2) is 4.90 Å². The largest absolute Gasteiger partial charge is 0.612 e. The summed E-state index contributed by atoms with van der Waals surface area (Å²) in [6.45, 7) is 0.777. The Morgan fingerprint density at radius 3 is 3.00 bits per heavy atom. The third-order valence-electron chi connectivity index (χ3n) is 3.68. The molecular formula is C16H19N3O2S. The monoisotopic (exact) mass is 317 g/mol. The Morgan fingerprint density at radius 2 is 2.27 bits per heavy atom. The smallest absolute Gasteiger partial charge is 0.154 e. The molecule has 5 nitrogen and oxygen atoms in total. The van der Waals surface area contributed by atoms with Crippen molar-refractivity contribution in [2.45, 2.75) is 23.8 Å². The number of nitrogens with two attached hydrogens (primary N) is 1. The van der Waals surface area contributed by atoms with Crippen molar-refractivity contribution in [3.8, 4) is 0 Å². The fourth-order valence-electron chi connectivity index (χ4n) is 2.58. The van der Waals surface area contributed by atoms with E-state index in [1.807, 2.05) is 30.3 Å². The highest BCUT2D eigenvalue weighted by atomic mass is 32.2. The number of nitrogens with one attached hydrogen (secondary N) is 1. The first-order chi connectivity index (χ1) is 10.6. The van der Waals surface area contributed by atoms with Crippen LogP contribution in [0.3, 0.4) is 0 Å². The molecular weight excluding hydrogens is 298 g/mol. The van der Waals surface area contributed by atoms with Crippen LogP contribution in [-0.2, 0) is 15.9 Å². The van der Waals surface area contributed by atoms with Crippen LogP contribution in [0.5, 0.6) is 0 Å². The van der Waals surface area contributed by atoms with Gasteiger partial charge in [-0.05, 0) is 36.2 Å². The Balaban J connectivity index is 1.90. The topological polar surface area (TPSA) is 83.2 Å². The minimum atomic E-state index is -1.01. The van der Waals surface area contributed by atoms with Gasteiger partial charge in [0.1, 0.15) is 12.1 Å². The first-order valence-corrected chi connectivity index (χ1v) is 8.77. The van der Waals surface area contributed by atoms with Crippen molar-refractivity contribution in [2.24, 2.45) is 0 Å². The number of pyridine rings is 1. The minimum absolute atomic E-state index is 0.0547. The highest BCUT2D eigenvalue weighted by molar-refractivity contribution is 7.90. The molecule has 2 unspecified atom stereocenters. The van der Waals surface area contributed by atoms with Crippen molar-refractivity contribution in [2.75, 3.05) is 23.9 Å². The number of ether oxygens (including phenoxy) is 1. The second-order valence-corrected chi connectivity index (χ2v) is 6.68. The van der Waals surface area contributed by atoms with Crippen LogP contribution in [0.2, 0.25) is 0 Å². The van der Waals surface area contributed by atoms with Gasteiger partial charge in [0.25, 0.3) is 0 Å². The minimum Gasteiger partial charge on any atom is -0.612 e. The van der Waals surface area contributed by atoms with Crippen LogP contribution in [-0.4, -0.2) is 22.4 Å². The van der Waals surface area contributed by atoms with Crippen molar-refractivity contribution in [1.82, 2.24) is 4.98 Å². The van der Waals surface area contributed by atoms with Crippen molar-refractivity contribution >= 4 is 28.4 Å². The van der Waals surface area contributed by atoms with Crippen LogP contribution >= 0.6 is 0 Å². The van der Waals surface area contributed by atoms with Crippen LogP contribution in [0.1, 0.15) is 24.5 Å². The van der Waals surface area contributed by atoms with E-state index in [0.29, 0.717) is 5.82 Å². The number of aromatic nitrogens is 1. The lowest BCUT2D eigenvalue weighted by Crippen LogP contribution is -2.05. The summed E-state index contributed by atoms with van der Waals surface area (Å²) < 4.78 is 17.4. The second-order valence-electron chi connectivity index (χ2n) is 5.31. The van der Waals surface area contributed by atoms with Gasteiger partial charge >= 0.3 is 0 Å². The molecule has 1 aromatic heterocycles. The van der Waals surface area contributed by atoms with Gasteiger partial charge in [-0.15, -0.1) is 0 Å². The zero-order valence-electron chi connectivity index (χ0n) is 12.4. The predicted molar refractivity (Wildman–Crippen MR) is 88.6 cm³/mol. The van der Waals surface area contributed by atoms with Crippen LogP contribution in [0.15, 0.2) is 41.4 Å². The first-order valence-electron chi connectivity index (χ1n) is 7.21. The molecule has 1 aliphatic heterocycles. The summed E-state index contributed by atoms with van der Waals surface area (Å²) in [7, 11) is 0. The molecule has 0 amide bonds. The molecule has 3 rings (SSSR count). The first kappa shape index (κ1) is 15.1. The molecule has 2 heterocycles. The third-order valence-corrected chi connectivity index (χ3v) is 4.60. The third kappa shape index (κ3) is 3.35. The number of nitrogen functional groups attached to an aromatic ring is 1. The number of benzene rings is 1. The molecule has 1 aromatic carbocycles. The standard InChI is InChI=1S/C16H19N3O2S/c1-22(20)12-5-2-4-11(8-12)19-14-9-16(17)18-10-13(14)15-6-3-7-21-15/h2,4-5,8-10,15H,3,6-7H2,1H3,(H3,17,18,19). The van der Waals surface area contributed by atoms with Gasteiger partial charge in [-0.3, -0.25) is 0 Å². The Labute approximate surface area is 133 Å². The summed E-state index contributed by atoms with van der Waals surface area (Å²) in [4.78, 5) is 4.96. The lowest BCUT2D eigenvalue weighted by atomic mass is 10.1. The van der Waals surface area contributed by atoms with Crippen molar-refractivity contribution in [3.05, 3.63) is 42.1 Å². The fraction of sp³-hybridized carbons (Fsp3) is 0.312. The van der Waals surface area contributed by atoms with Gasteiger partial charge in [-0.1, -0.05) is 6.07 Å². The molecule has 0 aliphatic carbocycles. The van der Waals surface area contributed by atoms with E-state index in [0.717, 1.165) is 41.3 Å². The van der Waals surface area contributed by atoms with Crippen LogP contribution in [0.25, 0.3) is 0 Å². The van der Waals surface area contributed by atoms with E-state index < -0.39 is 11.2 Å². The van der Waals surface area contributed by atoms with Gasteiger partial charge < -0.3 is 20.3 Å². The number of anilines is 3. The molecule has 0 bridgehead atoms.